The van der Waals surface area contributed by atoms with Crippen LogP contribution in [0.4, 0.5) is 5.13 Å². The lowest BCUT2D eigenvalue weighted by atomic mass is 9.80. The first-order valence-electron chi connectivity index (χ1n) is 12.5. The molecule has 0 saturated heterocycles. The maximum Gasteiger partial charge on any atom is 0.375 e. The largest absolute Gasteiger partial charge is 0.379 e. The molecule has 4 aromatic carbocycles. The number of benzene rings is 4. The summed E-state index contributed by atoms with van der Waals surface area (Å²) in [5.41, 5.74) is 8.20. The van der Waals surface area contributed by atoms with Gasteiger partial charge in [-0.15, -0.1) is 22.7 Å². The van der Waals surface area contributed by atoms with E-state index in [0.29, 0.717) is 9.47 Å². The Balaban J connectivity index is 1.42. The maximum atomic E-state index is 13.5. The number of nitrogens with two attached hydrogens (primary N) is 1. The van der Waals surface area contributed by atoms with E-state index in [2.05, 4.69) is 15.1 Å². The summed E-state index contributed by atoms with van der Waals surface area (Å²) in [6.07, 6.45) is 0. The second-order valence-electron chi connectivity index (χ2n) is 8.78. The topological polar surface area (TPSA) is 99.7 Å². The van der Waals surface area contributed by atoms with Crippen molar-refractivity contribution in [1.82, 2.24) is 9.97 Å². The number of para-hydroxylation sites is 1. The Labute approximate surface area is 248 Å². The third-order valence-electron chi connectivity index (χ3n) is 6.24. The molecule has 0 amide bonds. The summed E-state index contributed by atoms with van der Waals surface area (Å²) in [5, 5.41) is 6.40. The second-order valence-corrected chi connectivity index (χ2v) is 11.7. The smallest absolute Gasteiger partial charge is 0.375 e. The van der Waals surface area contributed by atoms with E-state index in [1.165, 1.54) is 22.7 Å². The van der Waals surface area contributed by atoms with Crippen LogP contribution in [0.25, 0.3) is 10.2 Å². The second kappa shape index (κ2) is 11.9. The van der Waals surface area contributed by atoms with Crippen molar-refractivity contribution in [1.29, 1.82) is 0 Å². The molecule has 41 heavy (non-hydrogen) atoms. The highest BCUT2D eigenvalue weighted by Gasteiger charge is 2.40. The van der Waals surface area contributed by atoms with Gasteiger partial charge in [0, 0.05) is 22.1 Å². The average Bonchev–Trinajstić information content (AvgIpc) is 3.65. The van der Waals surface area contributed by atoms with E-state index in [9.17, 15) is 4.79 Å². The van der Waals surface area contributed by atoms with Gasteiger partial charge in [0.1, 0.15) is 17.7 Å². The van der Waals surface area contributed by atoms with Crippen LogP contribution in [0.3, 0.4) is 0 Å². The molecule has 0 fully saturated rings. The van der Waals surface area contributed by atoms with Crippen molar-refractivity contribution in [2.75, 3.05) is 5.73 Å². The van der Waals surface area contributed by atoms with Crippen molar-refractivity contribution in [3.8, 4) is 0 Å². The van der Waals surface area contributed by atoms with E-state index in [-0.39, 0.29) is 11.4 Å². The fourth-order valence-corrected chi connectivity index (χ4v) is 6.49. The summed E-state index contributed by atoms with van der Waals surface area (Å²) in [5.74, 6) is -0.734. The van der Waals surface area contributed by atoms with Gasteiger partial charge in [-0.1, -0.05) is 108 Å². The van der Waals surface area contributed by atoms with Crippen LogP contribution in [0.1, 0.15) is 22.4 Å². The van der Waals surface area contributed by atoms with Gasteiger partial charge < -0.3 is 14.8 Å². The number of rotatable bonds is 9. The Kier molecular flexibility index (Phi) is 7.77. The molecule has 7 nitrogen and oxygen atoms in total. The third-order valence-corrected chi connectivity index (χ3v) is 8.66. The molecule has 6 aromatic rings. The van der Waals surface area contributed by atoms with E-state index < -0.39 is 11.6 Å². The normalized spacial score (nSPS) is 11.9. The lowest BCUT2D eigenvalue weighted by Crippen LogP contribution is -2.32. The van der Waals surface area contributed by atoms with Crippen LogP contribution in [0.2, 0.25) is 0 Å². The van der Waals surface area contributed by atoms with Crippen LogP contribution < -0.4 is 5.73 Å². The molecule has 0 aliphatic rings. The molecule has 6 rings (SSSR count). The van der Waals surface area contributed by atoms with Crippen molar-refractivity contribution >= 4 is 61.7 Å². The Hall–Kier alpha value is -4.51. The maximum absolute atomic E-state index is 13.5. The quantitative estimate of drug-likeness (QED) is 0.0812. The summed E-state index contributed by atoms with van der Waals surface area (Å²) >= 11 is 3.50. The van der Waals surface area contributed by atoms with Crippen molar-refractivity contribution < 1.29 is 13.8 Å². The van der Waals surface area contributed by atoms with Gasteiger partial charge in [0.15, 0.2) is 9.47 Å². The molecule has 10 heteroatoms. The Morgan fingerprint density at radius 3 is 1.88 bits per heavy atom. The number of carbonyl (C=O) groups is 1. The van der Waals surface area contributed by atoms with Crippen LogP contribution >= 0.6 is 34.7 Å². The fourth-order valence-electron chi connectivity index (χ4n) is 4.38. The highest BCUT2D eigenvalue weighted by atomic mass is 32.2. The molecule has 0 aliphatic heterocycles. The highest BCUT2D eigenvalue weighted by molar-refractivity contribution is 7.97. The first-order valence-corrected chi connectivity index (χ1v) is 15.0. The predicted octanol–water partition coefficient (Wildman–Crippen LogP) is 7.30. The molecule has 2 heterocycles. The number of nitrogen functional groups attached to an aromatic ring is 1. The molecule has 2 N–H and O–H groups in total. The average molecular weight is 595 g/mol. The molecular weight excluding hydrogens is 573 g/mol. The lowest BCUT2D eigenvalue weighted by molar-refractivity contribution is -0.126. The molecule has 202 valence electrons. The molecule has 0 saturated carbocycles. The molecule has 0 bridgehead atoms. The molecule has 0 aliphatic carbocycles. The Morgan fingerprint density at radius 1 is 0.780 bits per heavy atom. The highest BCUT2D eigenvalue weighted by Crippen LogP contribution is 2.41. The molecule has 2 aromatic heterocycles. The van der Waals surface area contributed by atoms with Gasteiger partial charge in [0.2, 0.25) is 11.3 Å². The van der Waals surface area contributed by atoms with Gasteiger partial charge in [0.05, 0.1) is 10.2 Å². The van der Waals surface area contributed by atoms with Gasteiger partial charge >= 0.3 is 5.97 Å². The summed E-state index contributed by atoms with van der Waals surface area (Å²) in [6.45, 7) is 0. The Bertz CT molecular complexity index is 1680. The first kappa shape index (κ1) is 26.7. The van der Waals surface area contributed by atoms with Crippen LogP contribution in [0.15, 0.2) is 130 Å². The van der Waals surface area contributed by atoms with Crippen molar-refractivity contribution in [2.24, 2.45) is 5.16 Å². The van der Waals surface area contributed by atoms with E-state index in [0.717, 1.165) is 38.9 Å². The monoisotopic (exact) mass is 594 g/mol. The summed E-state index contributed by atoms with van der Waals surface area (Å²) in [4.78, 5) is 28.9. The summed E-state index contributed by atoms with van der Waals surface area (Å²) in [7, 11) is 0. The zero-order valence-electron chi connectivity index (χ0n) is 21.4. The van der Waals surface area contributed by atoms with Crippen LogP contribution in [0.5, 0.6) is 0 Å². The molecular formula is C31H22N4O3S3. The van der Waals surface area contributed by atoms with E-state index in [1.54, 1.807) is 5.38 Å². The molecule has 0 unspecified atom stereocenters. The number of hydrogen-bond donors (Lipinski definition) is 1. The minimum Gasteiger partial charge on any atom is -0.379 e. The van der Waals surface area contributed by atoms with Gasteiger partial charge in [0.25, 0.3) is 0 Å². The summed E-state index contributed by atoms with van der Waals surface area (Å²) in [6, 6.07) is 37.0. The van der Waals surface area contributed by atoms with Gasteiger partial charge in [-0.2, -0.15) is 0 Å². The van der Waals surface area contributed by atoms with Crippen molar-refractivity contribution in [2.45, 2.75) is 9.94 Å². The van der Waals surface area contributed by atoms with Crippen LogP contribution in [0, 0.1) is 0 Å². The number of thiazole rings is 2. The number of oxime groups is 1. The van der Waals surface area contributed by atoms with E-state index in [4.69, 9.17) is 14.8 Å². The lowest BCUT2D eigenvalue weighted by Gasteiger charge is -2.33. The number of hydrogen-bond acceptors (Lipinski definition) is 10. The zero-order valence-corrected chi connectivity index (χ0v) is 23.9. The van der Waals surface area contributed by atoms with E-state index in [1.807, 2.05) is 115 Å². The molecule has 0 atom stereocenters. The number of anilines is 1. The van der Waals surface area contributed by atoms with Gasteiger partial charge in [-0.05, 0) is 12.1 Å². The zero-order chi connectivity index (χ0) is 28.1. The van der Waals surface area contributed by atoms with Crippen molar-refractivity contribution in [3.63, 3.8) is 0 Å². The predicted molar refractivity (Wildman–Crippen MR) is 165 cm³/mol. The van der Waals surface area contributed by atoms with Gasteiger partial charge in [-0.25, -0.2) is 14.8 Å². The molecule has 0 spiro atoms. The summed E-state index contributed by atoms with van der Waals surface area (Å²) < 4.78 is 7.19. The number of nitrogens with zero attached hydrogens (tertiary/aromatic N) is 3. The van der Waals surface area contributed by atoms with Crippen LogP contribution in [-0.2, 0) is 19.4 Å². The van der Waals surface area contributed by atoms with Crippen molar-refractivity contribution in [3.05, 3.63) is 143 Å². The fraction of sp³-hybridized carbons (Fsp3) is 0.0323. The van der Waals surface area contributed by atoms with Gasteiger partial charge in [-0.3, -0.25) is 0 Å². The number of aromatic nitrogens is 2. The van der Waals surface area contributed by atoms with Crippen LogP contribution in [-0.4, -0.2) is 21.6 Å². The van der Waals surface area contributed by atoms with E-state index >= 15 is 0 Å². The minimum atomic E-state index is -1.18. The Morgan fingerprint density at radius 2 is 1.34 bits per heavy atom. The minimum absolute atomic E-state index is 0.112. The first-order chi connectivity index (χ1) is 20.1. The standard InChI is InChI=1S/C31H22N4O3S3/c32-29-33-25(20-39-29)27(28(36)37-41-30-34-24-18-10-11-19-26(24)40-30)35-38-31(21-12-4-1-5-13-21,22-14-6-2-7-15-22)23-16-8-3-9-17-23/h1-20H,(H2,32,33)/b35-27-. The number of fused-ring (bicyclic) bond motifs is 1. The number of carbonyl (C=O) groups excluding carboxylic acids is 1. The SMILES string of the molecule is Nc1nc(/C(=N/OC(c2ccccc2)(c2ccccc2)c2ccccc2)C(=O)OSc2nc3ccccc3s2)cs1. The molecule has 0 radical (unpaired) electrons. The third kappa shape index (κ3) is 5.58.